The lowest BCUT2D eigenvalue weighted by Crippen LogP contribution is -2.46. The Morgan fingerprint density at radius 1 is 1.36 bits per heavy atom. The van der Waals surface area contributed by atoms with E-state index >= 15 is 0 Å². The number of carbonyl (C=O) groups is 1. The summed E-state index contributed by atoms with van der Waals surface area (Å²) in [5.41, 5.74) is 1.61. The number of benzene rings is 1. The summed E-state index contributed by atoms with van der Waals surface area (Å²) in [6.07, 6.45) is 4.11. The van der Waals surface area contributed by atoms with E-state index in [1.165, 1.54) is 0 Å². The number of ether oxygens (including phenoxy) is 1. The second kappa shape index (κ2) is 8.87. The van der Waals surface area contributed by atoms with Crippen LogP contribution in [-0.2, 0) is 6.61 Å². The number of aromatic nitrogens is 1. The number of hydrogen-bond donors (Lipinski definition) is 1. The summed E-state index contributed by atoms with van der Waals surface area (Å²) in [5, 5.41) is 9.24. The average molecular weight is 358 g/mol. The maximum Gasteiger partial charge on any atom is 0.254 e. The first-order chi connectivity index (χ1) is 12.3. The third-order valence-electron chi connectivity index (χ3n) is 4.16. The third-order valence-corrected chi connectivity index (χ3v) is 5.25. The van der Waals surface area contributed by atoms with Gasteiger partial charge in [-0.2, -0.15) is 11.8 Å². The second-order valence-electron chi connectivity index (χ2n) is 5.92. The van der Waals surface area contributed by atoms with Crippen molar-refractivity contribution >= 4 is 17.7 Å². The Hall–Kier alpha value is -2.05. The first kappa shape index (κ1) is 17.8. The highest BCUT2D eigenvalue weighted by Crippen LogP contribution is 2.23. The molecular formula is C19H22N2O3S. The maximum atomic E-state index is 12.9. The summed E-state index contributed by atoms with van der Waals surface area (Å²) in [4.78, 5) is 18.8. The minimum absolute atomic E-state index is 0.00516. The molecule has 0 unspecified atom stereocenters. The molecule has 6 heteroatoms. The van der Waals surface area contributed by atoms with Crippen LogP contribution in [0.4, 0.5) is 0 Å². The molecule has 1 aliphatic rings. The van der Waals surface area contributed by atoms with Crippen LogP contribution in [0.1, 0.15) is 22.3 Å². The van der Waals surface area contributed by atoms with Gasteiger partial charge in [-0.05, 0) is 30.7 Å². The van der Waals surface area contributed by atoms with Crippen molar-refractivity contribution in [3.05, 3.63) is 59.9 Å². The number of carbonyl (C=O) groups excluding carboxylic acids is 1. The number of nitrogens with zero attached hydrogens (tertiary/aromatic N) is 2. The lowest BCUT2D eigenvalue weighted by Gasteiger charge is -2.35. The molecule has 1 fully saturated rings. The Bertz CT molecular complexity index is 694. The average Bonchev–Trinajstić information content (AvgIpc) is 2.68. The van der Waals surface area contributed by atoms with Gasteiger partial charge in [-0.1, -0.05) is 12.1 Å². The van der Waals surface area contributed by atoms with E-state index in [1.54, 1.807) is 18.5 Å². The maximum absolute atomic E-state index is 12.9. The van der Waals surface area contributed by atoms with Gasteiger partial charge in [0.15, 0.2) is 0 Å². The molecule has 2 aromatic rings. The van der Waals surface area contributed by atoms with Gasteiger partial charge in [0.1, 0.15) is 12.4 Å². The van der Waals surface area contributed by atoms with Crippen LogP contribution >= 0.6 is 11.8 Å². The summed E-state index contributed by atoms with van der Waals surface area (Å²) in [6, 6.07) is 11.2. The van der Waals surface area contributed by atoms with Crippen molar-refractivity contribution in [2.75, 3.05) is 24.7 Å². The van der Waals surface area contributed by atoms with E-state index in [0.717, 1.165) is 23.6 Å². The molecule has 0 radical (unpaired) electrons. The molecule has 0 bridgehead atoms. The SMILES string of the molecule is O=C(c1cccc(OCc2cccnc2)c1)N1CCSC[C@@H]1CCO. The second-order valence-corrected chi connectivity index (χ2v) is 7.07. The van der Waals surface area contributed by atoms with Gasteiger partial charge in [-0.25, -0.2) is 0 Å². The standard InChI is InChI=1S/C19H22N2O3S/c22-9-6-17-14-25-10-8-21(17)19(23)16-4-1-5-18(11-16)24-13-15-3-2-7-20-12-15/h1-5,7,11-12,17,22H,6,8-10,13-14H2/t17-/m0/s1. The van der Waals surface area contributed by atoms with Gasteiger partial charge in [0.2, 0.25) is 0 Å². The van der Waals surface area contributed by atoms with Crippen molar-refractivity contribution in [3.63, 3.8) is 0 Å². The van der Waals surface area contributed by atoms with Crippen LogP contribution in [0.15, 0.2) is 48.8 Å². The fourth-order valence-electron chi connectivity index (χ4n) is 2.85. The molecule has 1 N–H and O–H groups in total. The fourth-order valence-corrected chi connectivity index (χ4v) is 3.96. The van der Waals surface area contributed by atoms with Crippen molar-refractivity contribution in [1.82, 2.24) is 9.88 Å². The van der Waals surface area contributed by atoms with E-state index in [1.807, 2.05) is 47.0 Å². The van der Waals surface area contributed by atoms with Gasteiger partial charge in [0.25, 0.3) is 5.91 Å². The smallest absolute Gasteiger partial charge is 0.254 e. The number of pyridine rings is 1. The van der Waals surface area contributed by atoms with E-state index in [0.29, 0.717) is 24.3 Å². The lowest BCUT2D eigenvalue weighted by molar-refractivity contribution is 0.0677. The molecule has 1 atom stereocenters. The molecule has 1 amide bonds. The van der Waals surface area contributed by atoms with Crippen LogP contribution in [0.3, 0.4) is 0 Å². The zero-order valence-electron chi connectivity index (χ0n) is 14.0. The van der Waals surface area contributed by atoms with Crippen LogP contribution in [0, 0.1) is 0 Å². The van der Waals surface area contributed by atoms with E-state index in [4.69, 9.17) is 4.74 Å². The van der Waals surface area contributed by atoms with Crippen LogP contribution in [0.5, 0.6) is 5.75 Å². The van der Waals surface area contributed by atoms with Gasteiger partial charge in [-0.15, -0.1) is 0 Å². The van der Waals surface area contributed by atoms with E-state index in [2.05, 4.69) is 4.98 Å². The predicted molar refractivity (Wildman–Crippen MR) is 98.9 cm³/mol. The zero-order valence-corrected chi connectivity index (χ0v) is 14.8. The van der Waals surface area contributed by atoms with Crippen molar-refractivity contribution in [3.8, 4) is 5.75 Å². The highest BCUT2D eigenvalue weighted by atomic mass is 32.2. The van der Waals surface area contributed by atoms with E-state index in [-0.39, 0.29) is 18.6 Å². The summed E-state index contributed by atoms with van der Waals surface area (Å²) >= 11 is 1.83. The molecule has 0 saturated carbocycles. The highest BCUT2D eigenvalue weighted by Gasteiger charge is 2.27. The van der Waals surface area contributed by atoms with Crippen LogP contribution in [0.2, 0.25) is 0 Å². The number of aliphatic hydroxyl groups is 1. The highest BCUT2D eigenvalue weighted by molar-refractivity contribution is 7.99. The Morgan fingerprint density at radius 3 is 3.08 bits per heavy atom. The largest absolute Gasteiger partial charge is 0.489 e. The molecule has 0 aliphatic carbocycles. The topological polar surface area (TPSA) is 62.7 Å². The molecule has 1 aromatic carbocycles. The predicted octanol–water partition coefficient (Wildman–Crippen LogP) is 2.60. The Balaban J connectivity index is 1.68. The normalized spacial score (nSPS) is 17.3. The summed E-state index contributed by atoms with van der Waals surface area (Å²) < 4.78 is 5.79. The quantitative estimate of drug-likeness (QED) is 0.860. The summed E-state index contributed by atoms with van der Waals surface area (Å²) in [5.74, 6) is 2.49. The van der Waals surface area contributed by atoms with Crippen LogP contribution in [-0.4, -0.2) is 51.6 Å². The Labute approximate surface area is 152 Å². The number of rotatable bonds is 6. The monoisotopic (exact) mass is 358 g/mol. The Kier molecular flexibility index (Phi) is 6.30. The molecule has 25 heavy (non-hydrogen) atoms. The van der Waals surface area contributed by atoms with Gasteiger partial charge in [0, 0.05) is 54.2 Å². The van der Waals surface area contributed by atoms with Crippen molar-refractivity contribution in [1.29, 1.82) is 0 Å². The molecule has 1 aromatic heterocycles. The summed E-state index contributed by atoms with van der Waals surface area (Å²) in [6.45, 7) is 1.23. The molecular weight excluding hydrogens is 336 g/mol. The van der Waals surface area contributed by atoms with Gasteiger partial charge >= 0.3 is 0 Å². The first-order valence-corrected chi connectivity index (χ1v) is 9.55. The number of amides is 1. The van der Waals surface area contributed by atoms with Crippen molar-refractivity contribution in [2.45, 2.75) is 19.1 Å². The lowest BCUT2D eigenvalue weighted by atomic mass is 10.1. The van der Waals surface area contributed by atoms with Crippen LogP contribution in [0.25, 0.3) is 0 Å². The fraction of sp³-hybridized carbons (Fsp3) is 0.368. The van der Waals surface area contributed by atoms with Gasteiger partial charge < -0.3 is 14.7 Å². The molecule has 0 spiro atoms. The molecule has 3 rings (SSSR count). The van der Waals surface area contributed by atoms with Gasteiger partial charge in [0.05, 0.1) is 0 Å². The number of thioether (sulfide) groups is 1. The van der Waals surface area contributed by atoms with E-state index < -0.39 is 0 Å². The van der Waals surface area contributed by atoms with E-state index in [9.17, 15) is 9.90 Å². The summed E-state index contributed by atoms with van der Waals surface area (Å²) in [7, 11) is 0. The molecule has 1 saturated heterocycles. The molecule has 1 aliphatic heterocycles. The first-order valence-electron chi connectivity index (χ1n) is 8.39. The number of aliphatic hydroxyl groups excluding tert-OH is 1. The minimum Gasteiger partial charge on any atom is -0.489 e. The van der Waals surface area contributed by atoms with Crippen molar-refractivity contribution < 1.29 is 14.6 Å². The molecule has 132 valence electrons. The number of hydrogen-bond acceptors (Lipinski definition) is 5. The van der Waals surface area contributed by atoms with Crippen LogP contribution < -0.4 is 4.74 Å². The Morgan fingerprint density at radius 2 is 2.28 bits per heavy atom. The zero-order chi connectivity index (χ0) is 17.5. The molecule has 5 nitrogen and oxygen atoms in total. The minimum atomic E-state index is 0.00516. The third kappa shape index (κ3) is 4.74. The van der Waals surface area contributed by atoms with Crippen molar-refractivity contribution in [2.24, 2.45) is 0 Å². The van der Waals surface area contributed by atoms with Gasteiger partial charge in [-0.3, -0.25) is 9.78 Å². The molecule has 2 heterocycles.